The number of amides is 2. The third-order valence-electron chi connectivity index (χ3n) is 8.39. The Bertz CT molecular complexity index is 1540. The molecule has 2 aliphatic heterocycles. The lowest BCUT2D eigenvalue weighted by molar-refractivity contribution is -0.121. The summed E-state index contributed by atoms with van der Waals surface area (Å²) in [4.78, 5) is 30.2. The van der Waals surface area contributed by atoms with Gasteiger partial charge < -0.3 is 15.1 Å². The van der Waals surface area contributed by atoms with Gasteiger partial charge in [0.05, 0.1) is 11.6 Å². The van der Waals surface area contributed by atoms with Gasteiger partial charge in [-0.25, -0.2) is 9.02 Å². The zero-order valence-corrected chi connectivity index (χ0v) is 22.5. The zero-order valence-electron chi connectivity index (χ0n) is 22.5. The normalized spacial score (nSPS) is 18.9. The SMILES string of the molecule is CC(=O)NC1(c2cccc(F)c2)CCN(CCC2c3ccccc3CCN2C(=O)c2ccc3nonc3c2)CC1. The molecule has 1 aromatic heterocycles. The maximum atomic E-state index is 14.1. The van der Waals surface area contributed by atoms with Crippen LogP contribution in [0.4, 0.5) is 4.39 Å². The molecule has 0 aliphatic carbocycles. The molecule has 9 heteroatoms. The average Bonchev–Trinajstić information content (AvgIpc) is 3.44. The second kappa shape index (κ2) is 10.8. The summed E-state index contributed by atoms with van der Waals surface area (Å²) in [5, 5.41) is 10.9. The first-order chi connectivity index (χ1) is 19.4. The third-order valence-corrected chi connectivity index (χ3v) is 8.39. The summed E-state index contributed by atoms with van der Waals surface area (Å²) in [5.74, 6) is -0.451. The molecule has 6 rings (SSSR count). The smallest absolute Gasteiger partial charge is 0.254 e. The number of nitrogens with one attached hydrogen (secondary N) is 1. The van der Waals surface area contributed by atoms with E-state index in [4.69, 9.17) is 4.63 Å². The number of fused-ring (bicyclic) bond motifs is 2. The van der Waals surface area contributed by atoms with E-state index in [2.05, 4.69) is 38.7 Å². The average molecular weight is 542 g/mol. The molecule has 2 amide bonds. The van der Waals surface area contributed by atoms with Crippen LogP contribution in [-0.2, 0) is 16.8 Å². The second-order valence-corrected chi connectivity index (χ2v) is 10.8. The van der Waals surface area contributed by atoms with E-state index in [9.17, 15) is 14.0 Å². The topological polar surface area (TPSA) is 91.6 Å². The Morgan fingerprint density at radius 2 is 1.80 bits per heavy atom. The molecule has 3 heterocycles. The van der Waals surface area contributed by atoms with Gasteiger partial charge in [0, 0.05) is 38.7 Å². The van der Waals surface area contributed by atoms with Crippen molar-refractivity contribution >= 4 is 22.8 Å². The summed E-state index contributed by atoms with van der Waals surface area (Å²) in [5.41, 5.74) is 4.45. The molecule has 0 radical (unpaired) electrons. The number of halogens is 1. The van der Waals surface area contributed by atoms with Crippen LogP contribution in [0.15, 0.2) is 71.4 Å². The van der Waals surface area contributed by atoms with E-state index in [-0.39, 0.29) is 23.7 Å². The van der Waals surface area contributed by atoms with Gasteiger partial charge >= 0.3 is 0 Å². The van der Waals surface area contributed by atoms with Gasteiger partial charge in [-0.3, -0.25) is 9.59 Å². The van der Waals surface area contributed by atoms with Crippen LogP contribution in [-0.4, -0.2) is 58.1 Å². The Hall–Kier alpha value is -4.11. The van der Waals surface area contributed by atoms with E-state index in [1.807, 2.05) is 17.0 Å². The molecule has 40 heavy (non-hydrogen) atoms. The molecule has 1 N–H and O–H groups in total. The highest BCUT2D eigenvalue weighted by Crippen LogP contribution is 2.36. The molecule has 8 nitrogen and oxygen atoms in total. The predicted molar refractivity (Wildman–Crippen MR) is 148 cm³/mol. The van der Waals surface area contributed by atoms with Crippen molar-refractivity contribution in [3.8, 4) is 0 Å². The van der Waals surface area contributed by atoms with Crippen LogP contribution in [0.25, 0.3) is 11.0 Å². The highest BCUT2D eigenvalue weighted by molar-refractivity contribution is 5.97. The monoisotopic (exact) mass is 541 g/mol. The van der Waals surface area contributed by atoms with Crippen LogP contribution < -0.4 is 5.32 Å². The molecular weight excluding hydrogens is 509 g/mol. The van der Waals surface area contributed by atoms with Gasteiger partial charge in [-0.2, -0.15) is 0 Å². The number of nitrogens with zero attached hydrogens (tertiary/aromatic N) is 4. The van der Waals surface area contributed by atoms with Crippen LogP contribution in [0.2, 0.25) is 0 Å². The van der Waals surface area contributed by atoms with Crippen molar-refractivity contribution in [2.75, 3.05) is 26.2 Å². The Balaban J connectivity index is 1.19. The number of hydrogen-bond acceptors (Lipinski definition) is 6. The van der Waals surface area contributed by atoms with Gasteiger partial charge in [0.2, 0.25) is 5.91 Å². The Kier molecular flexibility index (Phi) is 7.06. The molecule has 0 spiro atoms. The van der Waals surface area contributed by atoms with Crippen molar-refractivity contribution in [1.82, 2.24) is 25.4 Å². The molecule has 4 aromatic rings. The molecule has 3 aromatic carbocycles. The second-order valence-electron chi connectivity index (χ2n) is 10.8. The fraction of sp³-hybridized carbons (Fsp3) is 0.355. The van der Waals surface area contributed by atoms with Crippen molar-refractivity contribution in [3.05, 3.63) is 94.8 Å². The summed E-state index contributed by atoms with van der Waals surface area (Å²) in [6.07, 6.45) is 2.96. The molecule has 0 saturated carbocycles. The molecule has 1 atom stereocenters. The predicted octanol–water partition coefficient (Wildman–Crippen LogP) is 4.62. The molecular formula is C31H32FN5O3. The minimum Gasteiger partial charge on any atom is -0.347 e. The number of piperidine rings is 1. The largest absolute Gasteiger partial charge is 0.347 e. The Morgan fingerprint density at radius 3 is 2.60 bits per heavy atom. The number of aromatic nitrogens is 2. The van der Waals surface area contributed by atoms with Gasteiger partial charge in [-0.1, -0.05) is 36.4 Å². The van der Waals surface area contributed by atoms with Crippen molar-refractivity contribution in [1.29, 1.82) is 0 Å². The fourth-order valence-electron chi connectivity index (χ4n) is 6.36. The van der Waals surface area contributed by atoms with E-state index in [1.165, 1.54) is 30.2 Å². The van der Waals surface area contributed by atoms with Gasteiger partial charge in [0.15, 0.2) is 0 Å². The van der Waals surface area contributed by atoms with E-state index in [0.717, 1.165) is 38.0 Å². The Labute approximate surface area is 232 Å². The van der Waals surface area contributed by atoms with Crippen LogP contribution in [0.3, 0.4) is 0 Å². The number of hydrogen-bond donors (Lipinski definition) is 1. The number of benzene rings is 3. The summed E-state index contributed by atoms with van der Waals surface area (Å²) in [6.45, 7) is 4.47. The van der Waals surface area contributed by atoms with E-state index < -0.39 is 5.54 Å². The molecule has 2 aliphatic rings. The molecule has 206 valence electrons. The van der Waals surface area contributed by atoms with Crippen LogP contribution in [0.5, 0.6) is 0 Å². The summed E-state index contributed by atoms with van der Waals surface area (Å²) < 4.78 is 18.9. The van der Waals surface area contributed by atoms with Crippen LogP contribution in [0.1, 0.15) is 59.3 Å². The minimum atomic E-state index is -0.585. The number of carbonyl (C=O) groups is 2. The van der Waals surface area contributed by atoms with Crippen molar-refractivity contribution in [2.45, 2.75) is 44.2 Å². The fourth-order valence-corrected chi connectivity index (χ4v) is 6.36. The van der Waals surface area contributed by atoms with E-state index in [0.29, 0.717) is 36.0 Å². The quantitative estimate of drug-likeness (QED) is 0.383. The minimum absolute atomic E-state index is 0.0289. The van der Waals surface area contributed by atoms with Crippen LogP contribution >= 0.6 is 0 Å². The highest BCUT2D eigenvalue weighted by Gasteiger charge is 2.38. The van der Waals surface area contributed by atoms with Crippen LogP contribution in [0, 0.1) is 5.82 Å². The molecule has 0 bridgehead atoms. The number of rotatable bonds is 6. The first-order valence-corrected chi connectivity index (χ1v) is 13.8. The summed E-state index contributed by atoms with van der Waals surface area (Å²) >= 11 is 0. The van der Waals surface area contributed by atoms with Gasteiger partial charge in [0.1, 0.15) is 16.9 Å². The lowest BCUT2D eigenvalue weighted by Crippen LogP contribution is -2.53. The zero-order chi connectivity index (χ0) is 27.7. The molecule has 1 fully saturated rings. The van der Waals surface area contributed by atoms with E-state index >= 15 is 0 Å². The lowest BCUT2D eigenvalue weighted by Gasteiger charge is -2.44. The standard InChI is InChI=1S/C31H32FN5O3/c1-21(38)33-31(24-6-4-7-25(32)20-24)13-17-36(18-14-31)15-12-29-26-8-3-2-5-22(26)11-16-37(29)30(39)23-9-10-27-28(19-23)35-40-34-27/h2-10,19-20,29H,11-18H2,1H3,(H,33,38). The summed E-state index contributed by atoms with van der Waals surface area (Å²) in [6, 6.07) is 20.1. The lowest BCUT2D eigenvalue weighted by atomic mass is 9.80. The number of likely N-dealkylation sites (tertiary alicyclic amines) is 1. The highest BCUT2D eigenvalue weighted by atomic mass is 19.1. The number of carbonyl (C=O) groups excluding carboxylic acids is 2. The van der Waals surface area contributed by atoms with E-state index in [1.54, 1.807) is 24.3 Å². The van der Waals surface area contributed by atoms with Crippen molar-refractivity contribution in [3.63, 3.8) is 0 Å². The molecule has 1 saturated heterocycles. The first-order valence-electron chi connectivity index (χ1n) is 13.8. The third kappa shape index (κ3) is 5.09. The first kappa shape index (κ1) is 26.1. The maximum Gasteiger partial charge on any atom is 0.254 e. The van der Waals surface area contributed by atoms with Gasteiger partial charge in [-0.05, 0) is 83.0 Å². The van der Waals surface area contributed by atoms with Crippen molar-refractivity contribution < 1.29 is 18.6 Å². The van der Waals surface area contributed by atoms with Crippen molar-refractivity contribution in [2.24, 2.45) is 0 Å². The maximum absolute atomic E-state index is 14.1. The van der Waals surface area contributed by atoms with Gasteiger partial charge in [0.25, 0.3) is 5.91 Å². The molecule has 1 unspecified atom stereocenters. The van der Waals surface area contributed by atoms with Gasteiger partial charge in [-0.15, -0.1) is 0 Å². The summed E-state index contributed by atoms with van der Waals surface area (Å²) in [7, 11) is 0. The Morgan fingerprint density at radius 1 is 1.00 bits per heavy atom.